The molecule has 1 atom stereocenters. The van der Waals surface area contributed by atoms with Crippen molar-refractivity contribution in [1.29, 1.82) is 0 Å². The highest BCUT2D eigenvalue weighted by Crippen LogP contribution is 2.07. The van der Waals surface area contributed by atoms with E-state index in [1.165, 1.54) is 0 Å². The van der Waals surface area contributed by atoms with Crippen molar-refractivity contribution >= 4 is 7.85 Å². The Bertz CT molecular complexity index is 159. The standard InChI is InChI=1S/C8H13BO2/c1-2-3-7(6-9)8(11)4-5-10/h2,8,10-11H,4-6H2,1H3/t3?,8-/m0/s1. The van der Waals surface area contributed by atoms with Gasteiger partial charge in [0.15, 0.2) is 0 Å². The summed E-state index contributed by atoms with van der Waals surface area (Å²) in [5.41, 5.74) is 3.46. The van der Waals surface area contributed by atoms with Crippen LogP contribution in [-0.2, 0) is 0 Å². The summed E-state index contributed by atoms with van der Waals surface area (Å²) < 4.78 is 0. The first-order valence-electron chi connectivity index (χ1n) is 3.65. The molecule has 0 aliphatic heterocycles. The largest absolute Gasteiger partial charge is 0.396 e. The Morgan fingerprint density at radius 3 is 2.73 bits per heavy atom. The molecule has 0 heterocycles. The van der Waals surface area contributed by atoms with Crippen molar-refractivity contribution in [2.75, 3.05) is 6.61 Å². The van der Waals surface area contributed by atoms with Gasteiger partial charge in [-0.15, -0.1) is 5.73 Å². The maximum absolute atomic E-state index is 9.28. The second kappa shape index (κ2) is 6.23. The summed E-state index contributed by atoms with van der Waals surface area (Å²) in [6.07, 6.45) is 1.66. The minimum absolute atomic E-state index is 0.0317. The van der Waals surface area contributed by atoms with Crippen LogP contribution in [0.15, 0.2) is 17.4 Å². The summed E-state index contributed by atoms with van der Waals surface area (Å²) in [4.78, 5) is 0. The number of aliphatic hydroxyl groups excluding tert-OH is 2. The summed E-state index contributed by atoms with van der Waals surface area (Å²) in [6, 6.07) is 0. The normalized spacial score (nSPS) is 11.9. The van der Waals surface area contributed by atoms with Crippen LogP contribution in [-0.4, -0.2) is 30.8 Å². The second-order valence-corrected chi connectivity index (χ2v) is 2.19. The van der Waals surface area contributed by atoms with Crippen LogP contribution < -0.4 is 0 Å². The highest BCUT2D eigenvalue weighted by Gasteiger charge is 2.06. The van der Waals surface area contributed by atoms with Gasteiger partial charge in [-0.1, -0.05) is 6.32 Å². The highest BCUT2D eigenvalue weighted by atomic mass is 16.3. The minimum Gasteiger partial charge on any atom is -0.396 e. The van der Waals surface area contributed by atoms with Gasteiger partial charge in [0.2, 0.25) is 0 Å². The molecule has 0 amide bonds. The zero-order valence-electron chi connectivity index (χ0n) is 6.75. The molecule has 2 radical (unpaired) electrons. The molecule has 3 heteroatoms. The van der Waals surface area contributed by atoms with Crippen LogP contribution >= 0.6 is 0 Å². The second-order valence-electron chi connectivity index (χ2n) is 2.19. The molecule has 0 aliphatic carbocycles. The first-order chi connectivity index (χ1) is 5.26. The van der Waals surface area contributed by atoms with Gasteiger partial charge in [-0.25, -0.2) is 0 Å². The maximum atomic E-state index is 9.28. The lowest BCUT2D eigenvalue weighted by atomic mass is 9.92. The maximum Gasteiger partial charge on any atom is 0.0838 e. The Kier molecular flexibility index (Phi) is 5.95. The third-order valence-electron chi connectivity index (χ3n) is 1.35. The SMILES string of the molecule is [B]CC(=C=CC)[C@@H](O)CCO. The van der Waals surface area contributed by atoms with E-state index >= 15 is 0 Å². The summed E-state index contributed by atoms with van der Waals surface area (Å²) in [6.45, 7) is 1.78. The van der Waals surface area contributed by atoms with Gasteiger partial charge in [0, 0.05) is 13.0 Å². The topological polar surface area (TPSA) is 40.5 Å². The fraction of sp³-hybridized carbons (Fsp3) is 0.625. The lowest BCUT2D eigenvalue weighted by molar-refractivity contribution is 0.161. The molecule has 0 aliphatic rings. The number of hydrogen-bond donors (Lipinski definition) is 2. The summed E-state index contributed by atoms with van der Waals surface area (Å²) in [5, 5.41) is 17.8. The molecule has 0 aromatic carbocycles. The van der Waals surface area contributed by atoms with Crippen LogP contribution in [0.2, 0.25) is 6.32 Å². The van der Waals surface area contributed by atoms with Gasteiger partial charge in [-0.05, 0) is 18.6 Å². The van der Waals surface area contributed by atoms with Crippen molar-refractivity contribution in [3.05, 3.63) is 17.4 Å². The van der Waals surface area contributed by atoms with E-state index in [2.05, 4.69) is 5.73 Å². The van der Waals surface area contributed by atoms with E-state index in [-0.39, 0.29) is 12.9 Å². The van der Waals surface area contributed by atoms with Crippen LogP contribution in [0.4, 0.5) is 0 Å². The molecule has 0 fully saturated rings. The predicted octanol–water partition coefficient (Wildman–Crippen LogP) is 0.418. The van der Waals surface area contributed by atoms with E-state index in [0.29, 0.717) is 12.0 Å². The van der Waals surface area contributed by atoms with Crippen LogP contribution in [0.5, 0.6) is 0 Å². The van der Waals surface area contributed by atoms with Crippen LogP contribution in [0.25, 0.3) is 0 Å². The van der Waals surface area contributed by atoms with Crippen molar-refractivity contribution < 1.29 is 10.2 Å². The molecule has 0 aromatic heterocycles. The quantitative estimate of drug-likeness (QED) is 0.452. The summed E-state index contributed by atoms with van der Waals surface area (Å²) in [7, 11) is 5.33. The van der Waals surface area contributed by atoms with Crippen LogP contribution in [0.1, 0.15) is 13.3 Å². The molecule has 0 rings (SSSR count). The fourth-order valence-electron chi connectivity index (χ4n) is 0.773. The van der Waals surface area contributed by atoms with Crippen molar-refractivity contribution in [2.24, 2.45) is 0 Å². The van der Waals surface area contributed by atoms with Crippen LogP contribution in [0.3, 0.4) is 0 Å². The monoisotopic (exact) mass is 152 g/mol. The Morgan fingerprint density at radius 2 is 2.36 bits per heavy atom. The Labute approximate surface area is 68.7 Å². The van der Waals surface area contributed by atoms with E-state index in [9.17, 15) is 5.11 Å². The molecule has 11 heavy (non-hydrogen) atoms. The third-order valence-corrected chi connectivity index (χ3v) is 1.35. The lowest BCUT2D eigenvalue weighted by Crippen LogP contribution is -2.11. The zero-order valence-corrected chi connectivity index (χ0v) is 6.75. The number of rotatable bonds is 4. The zero-order chi connectivity index (χ0) is 8.69. The third kappa shape index (κ3) is 4.04. The van der Waals surface area contributed by atoms with Gasteiger partial charge >= 0.3 is 0 Å². The molecule has 60 valence electrons. The van der Waals surface area contributed by atoms with Crippen molar-refractivity contribution in [2.45, 2.75) is 25.8 Å². The molecular weight excluding hydrogens is 139 g/mol. The average Bonchev–Trinajstić information content (AvgIpc) is 2.00. The lowest BCUT2D eigenvalue weighted by Gasteiger charge is -2.08. The average molecular weight is 152 g/mol. The Morgan fingerprint density at radius 1 is 1.73 bits per heavy atom. The summed E-state index contributed by atoms with van der Waals surface area (Å²) in [5.74, 6) is 0. The van der Waals surface area contributed by atoms with Gasteiger partial charge in [0.05, 0.1) is 14.0 Å². The molecule has 0 bridgehead atoms. The molecule has 0 saturated carbocycles. The molecule has 0 aromatic rings. The smallest absolute Gasteiger partial charge is 0.0838 e. The van der Waals surface area contributed by atoms with Crippen molar-refractivity contribution in [1.82, 2.24) is 0 Å². The number of hydrogen-bond acceptors (Lipinski definition) is 2. The molecule has 0 unspecified atom stereocenters. The molecule has 0 spiro atoms. The van der Waals surface area contributed by atoms with Crippen LogP contribution in [0, 0.1) is 0 Å². The van der Waals surface area contributed by atoms with Gasteiger partial charge in [-0.2, -0.15) is 0 Å². The molecular formula is C8H13BO2. The van der Waals surface area contributed by atoms with Crippen molar-refractivity contribution in [3.63, 3.8) is 0 Å². The fourth-order valence-corrected chi connectivity index (χ4v) is 0.773. The van der Waals surface area contributed by atoms with E-state index in [0.717, 1.165) is 0 Å². The van der Waals surface area contributed by atoms with E-state index in [1.54, 1.807) is 13.0 Å². The Hall–Kier alpha value is -0.495. The minimum atomic E-state index is -0.652. The van der Waals surface area contributed by atoms with Gasteiger partial charge in [0.25, 0.3) is 0 Å². The van der Waals surface area contributed by atoms with E-state index in [4.69, 9.17) is 13.0 Å². The van der Waals surface area contributed by atoms with Gasteiger partial charge in [0.1, 0.15) is 0 Å². The first-order valence-corrected chi connectivity index (χ1v) is 3.65. The van der Waals surface area contributed by atoms with Gasteiger partial charge < -0.3 is 10.2 Å². The molecule has 2 nitrogen and oxygen atoms in total. The molecule has 2 N–H and O–H groups in total. The first kappa shape index (κ1) is 10.5. The van der Waals surface area contributed by atoms with Crippen molar-refractivity contribution in [3.8, 4) is 0 Å². The van der Waals surface area contributed by atoms with Gasteiger partial charge in [-0.3, -0.25) is 0 Å². The molecule has 0 saturated heterocycles. The summed E-state index contributed by atoms with van der Waals surface area (Å²) >= 11 is 0. The van der Waals surface area contributed by atoms with E-state index < -0.39 is 6.10 Å². The highest BCUT2D eigenvalue weighted by molar-refractivity contribution is 6.10. The van der Waals surface area contributed by atoms with E-state index in [1.807, 2.05) is 0 Å². The number of aliphatic hydroxyl groups is 2. The predicted molar refractivity (Wildman–Crippen MR) is 45.5 cm³/mol. The Balaban J connectivity index is 4.14.